The van der Waals surface area contributed by atoms with Crippen molar-refractivity contribution in [2.24, 2.45) is 5.92 Å². The third kappa shape index (κ3) is 1.44. The Kier molecular flexibility index (Phi) is 1.91. The summed E-state index contributed by atoms with van der Waals surface area (Å²) in [5.41, 5.74) is 0.690. The first-order chi connectivity index (χ1) is 7.65. The van der Waals surface area contributed by atoms with Crippen molar-refractivity contribution >= 4 is 23.2 Å². The number of carboxylic acid groups (broad SMARTS) is 1. The van der Waals surface area contributed by atoms with E-state index in [1.54, 1.807) is 22.8 Å². The smallest absolute Gasteiger partial charge is 0.307 e. The average molecular weight is 238 g/mol. The number of aliphatic carboxylic acids is 1. The Morgan fingerprint density at radius 3 is 3.06 bits per heavy atom. The van der Waals surface area contributed by atoms with Gasteiger partial charge in [-0.1, -0.05) is 11.6 Å². The predicted octanol–water partition coefficient (Wildman–Crippen LogP) is 1.57. The molecular weight excluding hydrogens is 230 g/mol. The van der Waals surface area contributed by atoms with Gasteiger partial charge in [-0.2, -0.15) is 5.10 Å². The summed E-state index contributed by atoms with van der Waals surface area (Å²) >= 11 is 5.82. The molecule has 2 unspecified atom stereocenters. The van der Waals surface area contributed by atoms with E-state index in [4.69, 9.17) is 16.7 Å². The third-order valence-electron chi connectivity index (χ3n) is 2.75. The summed E-state index contributed by atoms with van der Waals surface area (Å²) in [6.07, 6.45) is 2.28. The molecular formula is C10H8ClN3O2. The third-order valence-corrected chi connectivity index (χ3v) is 2.97. The van der Waals surface area contributed by atoms with Crippen LogP contribution in [0.3, 0.4) is 0 Å². The number of hydrogen-bond acceptors (Lipinski definition) is 3. The van der Waals surface area contributed by atoms with E-state index in [2.05, 4.69) is 10.1 Å². The summed E-state index contributed by atoms with van der Waals surface area (Å²) < 4.78 is 1.58. The van der Waals surface area contributed by atoms with Gasteiger partial charge in [-0.3, -0.25) is 4.79 Å². The second-order valence-electron chi connectivity index (χ2n) is 3.91. The fourth-order valence-corrected chi connectivity index (χ4v) is 1.94. The van der Waals surface area contributed by atoms with Crippen LogP contribution in [0, 0.1) is 5.92 Å². The van der Waals surface area contributed by atoms with Gasteiger partial charge in [-0.25, -0.2) is 9.50 Å². The van der Waals surface area contributed by atoms with Gasteiger partial charge >= 0.3 is 5.97 Å². The molecule has 1 aliphatic carbocycles. The molecule has 0 bridgehead atoms. The number of rotatable bonds is 2. The van der Waals surface area contributed by atoms with Crippen LogP contribution in [0.1, 0.15) is 18.2 Å². The van der Waals surface area contributed by atoms with Gasteiger partial charge in [-0.05, 0) is 18.6 Å². The second kappa shape index (κ2) is 3.18. The number of halogens is 1. The van der Waals surface area contributed by atoms with Crippen molar-refractivity contribution in [3.05, 3.63) is 29.2 Å². The fraction of sp³-hybridized carbons (Fsp3) is 0.300. The predicted molar refractivity (Wildman–Crippen MR) is 56.5 cm³/mol. The summed E-state index contributed by atoms with van der Waals surface area (Å²) in [5.74, 6) is -0.555. The molecule has 16 heavy (non-hydrogen) atoms. The molecule has 0 radical (unpaired) electrons. The number of fused-ring (bicyclic) bond motifs is 1. The van der Waals surface area contributed by atoms with E-state index in [1.807, 2.05) is 0 Å². The Labute approximate surface area is 95.7 Å². The monoisotopic (exact) mass is 237 g/mol. The lowest BCUT2D eigenvalue weighted by atomic mass is 10.3. The first kappa shape index (κ1) is 9.59. The number of aromatic nitrogens is 3. The molecule has 2 aromatic heterocycles. The average Bonchev–Trinajstić information content (AvgIpc) is 2.93. The van der Waals surface area contributed by atoms with Crippen LogP contribution < -0.4 is 0 Å². The maximum Gasteiger partial charge on any atom is 0.307 e. The van der Waals surface area contributed by atoms with Crippen molar-refractivity contribution in [1.29, 1.82) is 0 Å². The first-order valence-electron chi connectivity index (χ1n) is 4.90. The van der Waals surface area contributed by atoms with Crippen LogP contribution in [0.25, 0.3) is 5.65 Å². The van der Waals surface area contributed by atoms with Gasteiger partial charge in [0.15, 0.2) is 11.5 Å². The molecule has 1 N–H and O–H groups in total. The quantitative estimate of drug-likeness (QED) is 0.861. The van der Waals surface area contributed by atoms with E-state index >= 15 is 0 Å². The lowest BCUT2D eigenvalue weighted by Gasteiger charge is -1.90. The minimum atomic E-state index is -0.776. The molecule has 2 heterocycles. The molecule has 1 saturated carbocycles. The van der Waals surface area contributed by atoms with E-state index in [0.717, 1.165) is 0 Å². The molecule has 0 aliphatic heterocycles. The van der Waals surface area contributed by atoms with Crippen LogP contribution in [0.5, 0.6) is 0 Å². The number of hydrogen-bond donors (Lipinski definition) is 1. The van der Waals surface area contributed by atoms with Crippen molar-refractivity contribution in [2.75, 3.05) is 0 Å². The molecule has 3 rings (SSSR count). The van der Waals surface area contributed by atoms with Crippen molar-refractivity contribution in [3.8, 4) is 0 Å². The molecule has 6 heteroatoms. The number of carbonyl (C=O) groups is 1. The van der Waals surface area contributed by atoms with Gasteiger partial charge in [0, 0.05) is 12.1 Å². The zero-order valence-electron chi connectivity index (χ0n) is 8.17. The topological polar surface area (TPSA) is 67.5 Å². The maximum absolute atomic E-state index is 10.7. The van der Waals surface area contributed by atoms with Crippen LogP contribution in [0.4, 0.5) is 0 Å². The Morgan fingerprint density at radius 1 is 1.56 bits per heavy atom. The van der Waals surface area contributed by atoms with Crippen LogP contribution in [-0.2, 0) is 4.79 Å². The number of carboxylic acids is 1. The molecule has 0 amide bonds. The van der Waals surface area contributed by atoms with Gasteiger partial charge in [0.05, 0.1) is 10.9 Å². The highest BCUT2D eigenvalue weighted by atomic mass is 35.5. The highest BCUT2D eigenvalue weighted by Crippen LogP contribution is 2.46. The minimum Gasteiger partial charge on any atom is -0.481 e. The Bertz CT molecular complexity index is 580. The van der Waals surface area contributed by atoms with Crippen LogP contribution in [0.15, 0.2) is 18.3 Å². The van der Waals surface area contributed by atoms with E-state index in [1.165, 1.54) is 0 Å². The van der Waals surface area contributed by atoms with E-state index in [9.17, 15) is 4.79 Å². The Morgan fingerprint density at radius 2 is 2.38 bits per heavy atom. The summed E-state index contributed by atoms with van der Waals surface area (Å²) in [6, 6.07) is 3.49. The van der Waals surface area contributed by atoms with E-state index in [0.29, 0.717) is 22.9 Å². The highest BCUT2D eigenvalue weighted by Gasteiger charge is 2.46. The van der Waals surface area contributed by atoms with Gasteiger partial charge in [0.2, 0.25) is 0 Å². The molecule has 2 aromatic rings. The van der Waals surface area contributed by atoms with Crippen LogP contribution in [0.2, 0.25) is 5.02 Å². The Hall–Kier alpha value is -1.62. The maximum atomic E-state index is 10.7. The summed E-state index contributed by atoms with van der Waals surface area (Å²) in [4.78, 5) is 15.0. The second-order valence-corrected chi connectivity index (χ2v) is 4.34. The standard InChI is InChI=1S/C10H8ClN3O2/c11-5-1-2-8-12-9(13-14(8)4-5)6-3-7(6)10(15)16/h1-2,4,6-7H,3H2,(H,15,16). The zero-order valence-corrected chi connectivity index (χ0v) is 8.92. The van der Waals surface area contributed by atoms with Crippen molar-refractivity contribution in [3.63, 3.8) is 0 Å². The normalized spacial score (nSPS) is 23.6. The molecule has 0 aromatic carbocycles. The zero-order chi connectivity index (χ0) is 11.3. The first-order valence-corrected chi connectivity index (χ1v) is 5.27. The summed E-state index contributed by atoms with van der Waals surface area (Å²) in [6.45, 7) is 0. The lowest BCUT2D eigenvalue weighted by molar-refractivity contribution is -0.138. The van der Waals surface area contributed by atoms with Crippen molar-refractivity contribution in [1.82, 2.24) is 14.6 Å². The lowest BCUT2D eigenvalue weighted by Crippen LogP contribution is -1.99. The number of pyridine rings is 1. The molecule has 1 aliphatic rings. The Balaban J connectivity index is 1.98. The molecule has 5 nitrogen and oxygen atoms in total. The van der Waals surface area contributed by atoms with Crippen molar-refractivity contribution < 1.29 is 9.90 Å². The largest absolute Gasteiger partial charge is 0.481 e. The molecule has 1 fully saturated rings. The SMILES string of the molecule is O=C(O)C1CC1c1nc2ccc(Cl)cn2n1. The molecule has 0 spiro atoms. The van der Waals surface area contributed by atoms with E-state index < -0.39 is 5.97 Å². The molecule has 2 atom stereocenters. The minimum absolute atomic E-state index is 0.0452. The molecule has 82 valence electrons. The van der Waals surface area contributed by atoms with Gasteiger partial charge in [0.25, 0.3) is 0 Å². The van der Waals surface area contributed by atoms with Crippen molar-refractivity contribution in [2.45, 2.75) is 12.3 Å². The fourth-order valence-electron chi connectivity index (χ4n) is 1.79. The van der Waals surface area contributed by atoms with Crippen LogP contribution >= 0.6 is 11.6 Å². The van der Waals surface area contributed by atoms with Crippen LogP contribution in [-0.4, -0.2) is 25.7 Å². The highest BCUT2D eigenvalue weighted by molar-refractivity contribution is 6.30. The number of nitrogens with zero attached hydrogens (tertiary/aromatic N) is 3. The van der Waals surface area contributed by atoms with Gasteiger partial charge in [0.1, 0.15) is 0 Å². The molecule has 0 saturated heterocycles. The van der Waals surface area contributed by atoms with Gasteiger partial charge < -0.3 is 5.11 Å². The summed E-state index contributed by atoms with van der Waals surface area (Å²) in [7, 11) is 0. The van der Waals surface area contributed by atoms with E-state index in [-0.39, 0.29) is 11.8 Å². The van der Waals surface area contributed by atoms with Gasteiger partial charge in [-0.15, -0.1) is 0 Å². The summed E-state index contributed by atoms with van der Waals surface area (Å²) in [5, 5.41) is 13.6.